The average Bonchev–Trinajstić information content (AvgIpc) is 3.21. The maximum Gasteiger partial charge on any atom is 0.223 e. The summed E-state index contributed by atoms with van der Waals surface area (Å²) in [6, 6.07) is 7.80. The van der Waals surface area contributed by atoms with Crippen LogP contribution in [0.4, 0.5) is 0 Å². The molecular formula is C19H23ClN4O. The molecule has 3 heterocycles. The summed E-state index contributed by atoms with van der Waals surface area (Å²) in [4.78, 5) is 24.2. The molecule has 25 heavy (non-hydrogen) atoms. The van der Waals surface area contributed by atoms with Gasteiger partial charge in [-0.2, -0.15) is 0 Å². The van der Waals surface area contributed by atoms with E-state index in [0.29, 0.717) is 13.0 Å². The van der Waals surface area contributed by atoms with Gasteiger partial charge in [0.25, 0.3) is 0 Å². The third-order valence-electron chi connectivity index (χ3n) is 5.56. The van der Waals surface area contributed by atoms with Crippen LogP contribution in [0.5, 0.6) is 0 Å². The monoisotopic (exact) mass is 358 g/mol. The Morgan fingerprint density at radius 1 is 1.16 bits per heavy atom. The molecule has 2 aliphatic rings. The number of piperidine rings is 1. The second-order valence-corrected chi connectivity index (χ2v) is 7.84. The number of benzene rings is 1. The summed E-state index contributed by atoms with van der Waals surface area (Å²) in [5, 5.41) is 0.734. The lowest BCUT2D eigenvalue weighted by Crippen LogP contribution is -2.41. The second kappa shape index (κ2) is 6.81. The molecule has 1 N–H and O–H groups in total. The Morgan fingerprint density at radius 2 is 1.92 bits per heavy atom. The smallest absolute Gasteiger partial charge is 0.223 e. The number of halogens is 1. The lowest BCUT2D eigenvalue weighted by molar-refractivity contribution is -0.128. The van der Waals surface area contributed by atoms with Gasteiger partial charge in [0.05, 0.1) is 6.33 Å². The predicted octanol–water partition coefficient (Wildman–Crippen LogP) is 3.08. The van der Waals surface area contributed by atoms with Crippen molar-refractivity contribution >= 4 is 17.5 Å². The molecular weight excluding hydrogens is 336 g/mol. The van der Waals surface area contributed by atoms with Crippen molar-refractivity contribution in [3.05, 3.63) is 53.1 Å². The fraction of sp³-hybridized carbons (Fsp3) is 0.474. The highest BCUT2D eigenvalue weighted by atomic mass is 35.5. The molecule has 6 heteroatoms. The number of hydrogen-bond acceptors (Lipinski definition) is 3. The second-order valence-electron chi connectivity index (χ2n) is 7.41. The number of nitrogens with one attached hydrogen (secondary N) is 1. The number of likely N-dealkylation sites (tertiary alicyclic amines) is 2. The fourth-order valence-corrected chi connectivity index (χ4v) is 4.19. The van der Waals surface area contributed by atoms with Gasteiger partial charge in [0, 0.05) is 43.0 Å². The summed E-state index contributed by atoms with van der Waals surface area (Å²) in [5.41, 5.74) is 2.46. The van der Waals surface area contributed by atoms with E-state index in [-0.39, 0.29) is 11.3 Å². The third-order valence-corrected chi connectivity index (χ3v) is 5.81. The van der Waals surface area contributed by atoms with Crippen LogP contribution in [0.1, 0.15) is 30.5 Å². The first kappa shape index (κ1) is 16.6. The van der Waals surface area contributed by atoms with Gasteiger partial charge in [0.2, 0.25) is 5.91 Å². The van der Waals surface area contributed by atoms with E-state index in [1.165, 1.54) is 0 Å². The van der Waals surface area contributed by atoms with E-state index >= 15 is 0 Å². The van der Waals surface area contributed by atoms with Gasteiger partial charge in [-0.25, -0.2) is 4.98 Å². The fourth-order valence-electron chi connectivity index (χ4n) is 4.07. The largest absolute Gasteiger partial charge is 0.347 e. The Morgan fingerprint density at radius 3 is 2.60 bits per heavy atom. The standard InChI is InChI=1S/C19H23ClN4O/c20-16-3-1-15(2-4-16)11-24-13-19(9-18(24)25)5-7-23(8-6-19)12-17-10-21-14-22-17/h1-4,10,14H,5-9,11-13H2,(H,21,22). The highest BCUT2D eigenvalue weighted by Crippen LogP contribution is 2.41. The first-order valence-electron chi connectivity index (χ1n) is 8.84. The number of aromatic nitrogens is 2. The summed E-state index contributed by atoms with van der Waals surface area (Å²) in [6.45, 7) is 4.57. The Hall–Kier alpha value is -1.85. The van der Waals surface area contributed by atoms with Crippen molar-refractivity contribution in [2.75, 3.05) is 19.6 Å². The Balaban J connectivity index is 1.34. The number of rotatable bonds is 4. The van der Waals surface area contributed by atoms with Crippen molar-refractivity contribution < 1.29 is 4.79 Å². The van der Waals surface area contributed by atoms with Gasteiger partial charge in [-0.3, -0.25) is 9.69 Å². The summed E-state index contributed by atoms with van der Waals surface area (Å²) in [5.74, 6) is 0.289. The molecule has 0 radical (unpaired) electrons. The van der Waals surface area contributed by atoms with Gasteiger partial charge in [0.1, 0.15) is 0 Å². The van der Waals surface area contributed by atoms with Crippen LogP contribution in [0, 0.1) is 5.41 Å². The van der Waals surface area contributed by atoms with Crippen molar-refractivity contribution in [3.8, 4) is 0 Å². The molecule has 4 rings (SSSR count). The number of amides is 1. The Kier molecular flexibility index (Phi) is 4.52. The van der Waals surface area contributed by atoms with Crippen LogP contribution in [-0.2, 0) is 17.9 Å². The average molecular weight is 359 g/mol. The van der Waals surface area contributed by atoms with Crippen molar-refractivity contribution in [3.63, 3.8) is 0 Å². The van der Waals surface area contributed by atoms with Crippen molar-refractivity contribution in [1.29, 1.82) is 0 Å². The summed E-state index contributed by atoms with van der Waals surface area (Å²) in [7, 11) is 0. The molecule has 0 saturated carbocycles. The van der Waals surface area contributed by atoms with E-state index in [2.05, 4.69) is 14.9 Å². The topological polar surface area (TPSA) is 52.2 Å². The van der Waals surface area contributed by atoms with Gasteiger partial charge in [-0.1, -0.05) is 23.7 Å². The molecule has 2 saturated heterocycles. The molecule has 2 fully saturated rings. The summed E-state index contributed by atoms with van der Waals surface area (Å²) < 4.78 is 0. The molecule has 0 aliphatic carbocycles. The lowest BCUT2D eigenvalue weighted by Gasteiger charge is -2.38. The summed E-state index contributed by atoms with van der Waals surface area (Å²) in [6.07, 6.45) is 6.48. The van der Waals surface area contributed by atoms with Crippen molar-refractivity contribution in [2.45, 2.75) is 32.4 Å². The number of imidazole rings is 1. The van der Waals surface area contributed by atoms with Crippen LogP contribution in [0.15, 0.2) is 36.8 Å². The molecule has 0 bridgehead atoms. The highest BCUT2D eigenvalue weighted by molar-refractivity contribution is 6.30. The van der Waals surface area contributed by atoms with Crippen molar-refractivity contribution in [1.82, 2.24) is 19.8 Å². The molecule has 1 aromatic carbocycles. The zero-order chi connectivity index (χ0) is 17.3. The van der Waals surface area contributed by atoms with Gasteiger partial charge in [-0.15, -0.1) is 0 Å². The van der Waals surface area contributed by atoms with Gasteiger partial charge >= 0.3 is 0 Å². The molecule has 2 aliphatic heterocycles. The van der Waals surface area contributed by atoms with Crippen LogP contribution >= 0.6 is 11.6 Å². The number of hydrogen-bond donors (Lipinski definition) is 1. The quantitative estimate of drug-likeness (QED) is 0.913. The lowest BCUT2D eigenvalue weighted by atomic mass is 9.77. The Bertz CT molecular complexity index is 720. The highest BCUT2D eigenvalue weighted by Gasteiger charge is 2.44. The number of carbonyl (C=O) groups is 1. The van der Waals surface area contributed by atoms with Crippen LogP contribution in [-0.4, -0.2) is 45.3 Å². The van der Waals surface area contributed by atoms with E-state index in [4.69, 9.17) is 11.6 Å². The number of H-pyrrole nitrogens is 1. The third kappa shape index (κ3) is 3.72. The molecule has 2 aromatic rings. The van der Waals surface area contributed by atoms with Crippen LogP contribution in [0.2, 0.25) is 5.02 Å². The molecule has 0 unspecified atom stereocenters. The molecule has 5 nitrogen and oxygen atoms in total. The van der Waals surface area contributed by atoms with E-state index in [0.717, 1.165) is 55.3 Å². The van der Waals surface area contributed by atoms with Crippen LogP contribution in [0.25, 0.3) is 0 Å². The van der Waals surface area contributed by atoms with Gasteiger partial charge < -0.3 is 9.88 Å². The maximum atomic E-state index is 12.5. The molecule has 0 atom stereocenters. The first-order valence-corrected chi connectivity index (χ1v) is 9.22. The number of carbonyl (C=O) groups excluding carboxylic acids is 1. The predicted molar refractivity (Wildman–Crippen MR) is 97.0 cm³/mol. The minimum atomic E-state index is 0.161. The number of nitrogens with zero attached hydrogens (tertiary/aromatic N) is 3. The SMILES string of the molecule is O=C1CC2(CCN(Cc3cnc[nH]3)CC2)CN1Cc1ccc(Cl)cc1. The van der Waals surface area contributed by atoms with Gasteiger partial charge in [0.15, 0.2) is 0 Å². The minimum absolute atomic E-state index is 0.161. The van der Waals surface area contributed by atoms with Crippen LogP contribution < -0.4 is 0 Å². The van der Waals surface area contributed by atoms with Crippen LogP contribution in [0.3, 0.4) is 0 Å². The molecule has 1 amide bonds. The molecule has 1 aromatic heterocycles. The van der Waals surface area contributed by atoms with E-state index in [1.54, 1.807) is 6.33 Å². The minimum Gasteiger partial charge on any atom is -0.347 e. The molecule has 1 spiro atoms. The Labute approximate surface area is 153 Å². The maximum absolute atomic E-state index is 12.5. The number of aromatic amines is 1. The van der Waals surface area contributed by atoms with E-state index in [9.17, 15) is 4.79 Å². The van der Waals surface area contributed by atoms with E-state index < -0.39 is 0 Å². The molecule has 132 valence electrons. The zero-order valence-corrected chi connectivity index (χ0v) is 15.0. The normalized spacial score (nSPS) is 20.5. The van der Waals surface area contributed by atoms with Crippen molar-refractivity contribution in [2.24, 2.45) is 5.41 Å². The summed E-state index contributed by atoms with van der Waals surface area (Å²) >= 11 is 5.95. The zero-order valence-electron chi connectivity index (χ0n) is 14.2. The first-order chi connectivity index (χ1) is 12.1. The van der Waals surface area contributed by atoms with E-state index in [1.807, 2.05) is 35.4 Å². The van der Waals surface area contributed by atoms with Gasteiger partial charge in [-0.05, 0) is 49.0 Å².